The minimum absolute atomic E-state index is 0.0517. The summed E-state index contributed by atoms with van der Waals surface area (Å²) < 4.78 is 14.1. The molecule has 0 saturated carbocycles. The van der Waals surface area contributed by atoms with Crippen molar-refractivity contribution in [1.82, 2.24) is 4.90 Å². The summed E-state index contributed by atoms with van der Waals surface area (Å²) in [5.74, 6) is 1.29. The molecule has 8 heteroatoms. The van der Waals surface area contributed by atoms with Gasteiger partial charge < -0.3 is 9.47 Å². The van der Waals surface area contributed by atoms with E-state index in [0.717, 1.165) is 31.3 Å². The number of thioether (sulfide) groups is 1. The second kappa shape index (κ2) is 14.2. The summed E-state index contributed by atoms with van der Waals surface area (Å²) in [7, 11) is 0. The SMILES string of the molecule is CCOc1cc(/C=C2/SC(=Nc3ccccc3)N(CCc3ccccc3)C2=O)cc(I)c1OCc1ccc(Br)cc1. The first-order valence-electron chi connectivity index (χ1n) is 13.2. The van der Waals surface area contributed by atoms with Gasteiger partial charge in [0.2, 0.25) is 0 Å². The molecule has 0 unspecified atom stereocenters. The Kier molecular flexibility index (Phi) is 10.2. The fourth-order valence-electron chi connectivity index (χ4n) is 4.25. The van der Waals surface area contributed by atoms with Gasteiger partial charge in [-0.2, -0.15) is 0 Å². The molecule has 1 amide bonds. The van der Waals surface area contributed by atoms with Crippen LogP contribution in [0.4, 0.5) is 5.69 Å². The monoisotopic (exact) mass is 738 g/mol. The number of amides is 1. The Morgan fingerprint density at radius 1 is 0.927 bits per heavy atom. The van der Waals surface area contributed by atoms with Crippen molar-refractivity contribution >= 4 is 73.1 Å². The Hall–Kier alpha value is -3.08. The van der Waals surface area contributed by atoms with E-state index in [2.05, 4.69) is 50.7 Å². The van der Waals surface area contributed by atoms with Gasteiger partial charge in [-0.1, -0.05) is 76.6 Å². The molecule has 5 nitrogen and oxygen atoms in total. The van der Waals surface area contributed by atoms with Crippen LogP contribution in [0.25, 0.3) is 6.08 Å². The molecule has 4 aromatic rings. The van der Waals surface area contributed by atoms with Crippen LogP contribution in [0.1, 0.15) is 23.6 Å². The van der Waals surface area contributed by atoms with Crippen molar-refractivity contribution in [1.29, 1.82) is 0 Å². The van der Waals surface area contributed by atoms with Crippen LogP contribution in [0.2, 0.25) is 0 Å². The number of benzene rings is 4. The summed E-state index contributed by atoms with van der Waals surface area (Å²) in [6.45, 7) is 3.42. The fourth-order valence-corrected chi connectivity index (χ4v) is 6.32. The quantitative estimate of drug-likeness (QED) is 0.121. The van der Waals surface area contributed by atoms with E-state index < -0.39 is 0 Å². The van der Waals surface area contributed by atoms with Crippen LogP contribution in [0.3, 0.4) is 0 Å². The van der Waals surface area contributed by atoms with Crippen LogP contribution in [-0.2, 0) is 17.8 Å². The smallest absolute Gasteiger partial charge is 0.266 e. The maximum Gasteiger partial charge on any atom is 0.266 e. The van der Waals surface area contributed by atoms with Crippen molar-refractivity contribution in [3.8, 4) is 11.5 Å². The molecule has 4 aromatic carbocycles. The molecule has 0 aliphatic carbocycles. The third-order valence-electron chi connectivity index (χ3n) is 6.26. The molecule has 1 fully saturated rings. The van der Waals surface area contributed by atoms with Gasteiger partial charge in [0.15, 0.2) is 16.7 Å². The summed E-state index contributed by atoms with van der Waals surface area (Å²) in [6, 6.07) is 31.9. The maximum atomic E-state index is 13.7. The normalized spacial score (nSPS) is 15.1. The van der Waals surface area contributed by atoms with E-state index in [9.17, 15) is 4.79 Å². The Balaban J connectivity index is 1.41. The predicted molar refractivity (Wildman–Crippen MR) is 180 cm³/mol. The second-order valence-electron chi connectivity index (χ2n) is 9.21. The van der Waals surface area contributed by atoms with Gasteiger partial charge in [-0.25, -0.2) is 4.99 Å². The van der Waals surface area contributed by atoms with Crippen molar-refractivity contribution in [2.24, 2.45) is 4.99 Å². The molecule has 208 valence electrons. The lowest BCUT2D eigenvalue weighted by molar-refractivity contribution is -0.122. The van der Waals surface area contributed by atoms with E-state index in [1.807, 2.05) is 97.9 Å². The largest absolute Gasteiger partial charge is 0.490 e. The third kappa shape index (κ3) is 7.81. The van der Waals surface area contributed by atoms with Gasteiger partial charge in [-0.3, -0.25) is 9.69 Å². The summed E-state index contributed by atoms with van der Waals surface area (Å²) in [4.78, 5) is 20.9. The molecule has 1 saturated heterocycles. The number of carbonyl (C=O) groups excluding carboxylic acids is 1. The van der Waals surface area contributed by atoms with E-state index in [1.54, 1.807) is 4.90 Å². The lowest BCUT2D eigenvalue weighted by Gasteiger charge is -2.16. The average Bonchev–Trinajstić information content (AvgIpc) is 3.26. The number of carbonyl (C=O) groups is 1. The van der Waals surface area contributed by atoms with Crippen molar-refractivity contribution in [3.05, 3.63) is 127 Å². The lowest BCUT2D eigenvalue weighted by atomic mass is 10.1. The molecule has 0 atom stereocenters. The first-order valence-corrected chi connectivity index (χ1v) is 15.9. The number of amidine groups is 1. The van der Waals surface area contributed by atoms with E-state index >= 15 is 0 Å². The number of halogens is 2. The molecule has 0 bridgehead atoms. The van der Waals surface area contributed by atoms with Crippen LogP contribution < -0.4 is 9.47 Å². The molecule has 41 heavy (non-hydrogen) atoms. The standard InChI is InChI=1S/C33H28BrIN2O3S/c1-2-39-29-20-25(19-28(35)31(29)40-22-24-13-15-26(34)16-14-24)21-30-32(38)37(18-17-23-9-5-3-6-10-23)33(41-30)36-27-11-7-4-8-12-27/h3-16,19-21H,2,17-18,22H2,1H3/b30-21+,36-33?. The summed E-state index contributed by atoms with van der Waals surface area (Å²) in [5.41, 5.74) is 3.92. The van der Waals surface area contributed by atoms with E-state index in [-0.39, 0.29) is 5.91 Å². The van der Waals surface area contributed by atoms with Crippen LogP contribution in [0.5, 0.6) is 11.5 Å². The van der Waals surface area contributed by atoms with Crippen molar-refractivity contribution in [3.63, 3.8) is 0 Å². The minimum Gasteiger partial charge on any atom is -0.490 e. The molecule has 1 aliphatic heterocycles. The van der Waals surface area contributed by atoms with Gasteiger partial charge in [0.25, 0.3) is 5.91 Å². The molecule has 1 heterocycles. The third-order valence-corrected chi connectivity index (χ3v) is 8.60. The highest BCUT2D eigenvalue weighted by Crippen LogP contribution is 2.38. The molecule has 0 spiro atoms. The first-order chi connectivity index (χ1) is 20.0. The van der Waals surface area contributed by atoms with Crippen LogP contribution >= 0.6 is 50.3 Å². The fraction of sp³-hybridized carbons (Fsp3) is 0.152. The highest BCUT2D eigenvalue weighted by Gasteiger charge is 2.33. The van der Waals surface area contributed by atoms with Gasteiger partial charge in [0.1, 0.15) is 6.61 Å². The number of hydrogen-bond acceptors (Lipinski definition) is 5. The van der Waals surface area contributed by atoms with Gasteiger partial charge >= 0.3 is 0 Å². The molecule has 1 aliphatic rings. The molecule has 0 radical (unpaired) electrons. The average molecular weight is 739 g/mol. The Morgan fingerprint density at radius 2 is 1.63 bits per heavy atom. The van der Waals surface area contributed by atoms with Crippen molar-refractivity contribution in [2.45, 2.75) is 20.0 Å². The van der Waals surface area contributed by atoms with Crippen LogP contribution in [0, 0.1) is 3.57 Å². The molecular weight excluding hydrogens is 711 g/mol. The van der Waals surface area contributed by atoms with Gasteiger partial charge in [-0.15, -0.1) is 0 Å². The second-order valence-corrected chi connectivity index (χ2v) is 12.3. The highest BCUT2D eigenvalue weighted by atomic mass is 127. The number of ether oxygens (including phenoxy) is 2. The van der Waals surface area contributed by atoms with Gasteiger partial charge in [0.05, 0.1) is 20.8 Å². The molecule has 0 aromatic heterocycles. The summed E-state index contributed by atoms with van der Waals surface area (Å²) >= 11 is 7.14. The topological polar surface area (TPSA) is 51.1 Å². The van der Waals surface area contributed by atoms with Crippen molar-refractivity contribution < 1.29 is 14.3 Å². The number of hydrogen-bond donors (Lipinski definition) is 0. The number of para-hydroxylation sites is 1. The van der Waals surface area contributed by atoms with E-state index in [1.165, 1.54) is 17.3 Å². The van der Waals surface area contributed by atoms with E-state index in [4.69, 9.17) is 14.5 Å². The Morgan fingerprint density at radius 3 is 2.34 bits per heavy atom. The molecule has 0 N–H and O–H groups in total. The van der Waals surface area contributed by atoms with Gasteiger partial charge in [0, 0.05) is 11.0 Å². The first kappa shape index (κ1) is 29.4. The minimum atomic E-state index is -0.0517. The number of rotatable bonds is 10. The maximum absolute atomic E-state index is 13.7. The zero-order chi connectivity index (χ0) is 28.6. The van der Waals surface area contributed by atoms with Gasteiger partial charge in [-0.05, 0) is 107 Å². The summed E-state index contributed by atoms with van der Waals surface area (Å²) in [6.07, 6.45) is 2.66. The molecular formula is C33H28BrIN2O3S. The number of aliphatic imine (C=N–C) groups is 1. The zero-order valence-corrected chi connectivity index (χ0v) is 27.0. The Bertz CT molecular complexity index is 1560. The number of nitrogens with zero attached hydrogens (tertiary/aromatic N) is 2. The van der Waals surface area contributed by atoms with Crippen LogP contribution in [0.15, 0.2) is 111 Å². The zero-order valence-electron chi connectivity index (χ0n) is 22.4. The highest BCUT2D eigenvalue weighted by molar-refractivity contribution is 14.1. The lowest BCUT2D eigenvalue weighted by Crippen LogP contribution is -2.31. The Labute approximate surface area is 266 Å². The predicted octanol–water partition coefficient (Wildman–Crippen LogP) is 8.88. The van der Waals surface area contributed by atoms with E-state index in [0.29, 0.717) is 41.3 Å². The van der Waals surface area contributed by atoms with Crippen molar-refractivity contribution in [2.75, 3.05) is 13.2 Å². The van der Waals surface area contributed by atoms with Crippen LogP contribution in [-0.4, -0.2) is 29.1 Å². The summed E-state index contributed by atoms with van der Waals surface area (Å²) in [5, 5.41) is 0.678. The molecule has 5 rings (SSSR count).